The number of anilines is 1. The largest absolute Gasteiger partial charge is 0.339 e. The number of fused-ring (bicyclic) bond motifs is 1. The van der Waals surface area contributed by atoms with Crippen LogP contribution in [0.1, 0.15) is 40.7 Å². The van der Waals surface area contributed by atoms with Gasteiger partial charge in [0, 0.05) is 30.9 Å². The van der Waals surface area contributed by atoms with Crippen LogP contribution in [0.5, 0.6) is 0 Å². The number of nitrogens with one attached hydrogen (secondary N) is 2. The van der Waals surface area contributed by atoms with Gasteiger partial charge in [-0.25, -0.2) is 9.48 Å². The Bertz CT molecular complexity index is 1100. The highest BCUT2D eigenvalue weighted by Gasteiger charge is 2.19. The number of carbonyl (C=O) groups is 2. The topological polar surface area (TPSA) is 92.1 Å². The number of aromatic nitrogens is 3. The van der Waals surface area contributed by atoms with Crippen LogP contribution in [0.25, 0.3) is 11.0 Å². The fourth-order valence-electron chi connectivity index (χ4n) is 3.88. The van der Waals surface area contributed by atoms with Crippen LogP contribution >= 0.6 is 0 Å². The minimum atomic E-state index is -0.257. The molecule has 1 aliphatic heterocycles. The first-order valence-electron chi connectivity index (χ1n) is 10.8. The second-order valence-electron chi connectivity index (χ2n) is 8.00. The molecule has 1 saturated heterocycles. The summed E-state index contributed by atoms with van der Waals surface area (Å²) >= 11 is 0. The van der Waals surface area contributed by atoms with E-state index in [9.17, 15) is 9.59 Å². The van der Waals surface area contributed by atoms with Crippen LogP contribution in [0.2, 0.25) is 0 Å². The summed E-state index contributed by atoms with van der Waals surface area (Å²) in [6, 6.07) is 11.1. The van der Waals surface area contributed by atoms with Crippen LogP contribution in [0.3, 0.4) is 0 Å². The lowest BCUT2D eigenvalue weighted by atomic mass is 10.1. The van der Waals surface area contributed by atoms with Crippen molar-refractivity contribution < 1.29 is 9.59 Å². The number of amides is 3. The van der Waals surface area contributed by atoms with Crippen molar-refractivity contribution in [3.05, 3.63) is 53.1 Å². The Balaban J connectivity index is 1.35. The molecule has 0 saturated carbocycles. The van der Waals surface area contributed by atoms with Crippen molar-refractivity contribution in [3.8, 4) is 0 Å². The maximum atomic E-state index is 12.7. The predicted molar refractivity (Wildman–Crippen MR) is 120 cm³/mol. The van der Waals surface area contributed by atoms with Gasteiger partial charge in [0.15, 0.2) is 0 Å². The molecule has 0 atom stereocenters. The number of nitrogens with zero attached hydrogens (tertiary/aromatic N) is 4. The van der Waals surface area contributed by atoms with Gasteiger partial charge in [0.25, 0.3) is 5.91 Å². The molecule has 3 amide bonds. The van der Waals surface area contributed by atoms with Crippen molar-refractivity contribution in [2.75, 3.05) is 25.0 Å². The highest BCUT2D eigenvalue weighted by atomic mass is 16.2. The van der Waals surface area contributed by atoms with E-state index in [4.69, 9.17) is 0 Å². The number of benzene rings is 2. The van der Waals surface area contributed by atoms with E-state index in [1.807, 2.05) is 49.1 Å². The quantitative estimate of drug-likeness (QED) is 0.661. The van der Waals surface area contributed by atoms with Crippen LogP contribution in [-0.4, -0.2) is 51.5 Å². The molecule has 3 aromatic rings. The summed E-state index contributed by atoms with van der Waals surface area (Å²) in [7, 11) is 0. The number of urea groups is 1. The van der Waals surface area contributed by atoms with Crippen LogP contribution in [0.4, 0.5) is 10.5 Å². The molecular formula is C23H28N6O2. The molecule has 2 heterocycles. The number of piperidine rings is 1. The SMILES string of the molecule is Cc1cccc(NC(=O)NCCn2nnc3cc(C(=O)N4CCCCC4)ccc32)c1C. The maximum absolute atomic E-state index is 12.7. The molecule has 1 fully saturated rings. The van der Waals surface area contributed by atoms with E-state index >= 15 is 0 Å². The normalized spacial score (nSPS) is 13.9. The molecular weight excluding hydrogens is 392 g/mol. The van der Waals surface area contributed by atoms with E-state index < -0.39 is 0 Å². The second kappa shape index (κ2) is 9.16. The Morgan fingerprint density at radius 2 is 1.87 bits per heavy atom. The lowest BCUT2D eigenvalue weighted by molar-refractivity contribution is 0.0724. The Hall–Kier alpha value is -3.42. The van der Waals surface area contributed by atoms with Gasteiger partial charge in [-0.15, -0.1) is 5.10 Å². The van der Waals surface area contributed by atoms with E-state index in [0.717, 1.165) is 48.3 Å². The molecule has 4 rings (SSSR count). The number of carbonyl (C=O) groups excluding carboxylic acids is 2. The Kier molecular flexibility index (Phi) is 6.16. The van der Waals surface area contributed by atoms with Crippen molar-refractivity contribution in [2.24, 2.45) is 0 Å². The number of hydrogen-bond acceptors (Lipinski definition) is 4. The molecule has 0 bridgehead atoms. The van der Waals surface area contributed by atoms with Gasteiger partial charge in [-0.05, 0) is 68.5 Å². The smallest absolute Gasteiger partial charge is 0.319 e. The minimum absolute atomic E-state index is 0.0564. The van der Waals surface area contributed by atoms with Crippen molar-refractivity contribution >= 4 is 28.7 Å². The molecule has 162 valence electrons. The molecule has 1 aromatic heterocycles. The molecule has 2 N–H and O–H groups in total. The van der Waals surface area contributed by atoms with Gasteiger partial charge in [0.05, 0.1) is 12.1 Å². The Morgan fingerprint density at radius 1 is 1.06 bits per heavy atom. The first-order valence-corrected chi connectivity index (χ1v) is 10.8. The zero-order valence-corrected chi connectivity index (χ0v) is 18.0. The van der Waals surface area contributed by atoms with Gasteiger partial charge in [-0.2, -0.15) is 0 Å². The number of likely N-dealkylation sites (tertiary alicyclic amines) is 1. The summed E-state index contributed by atoms with van der Waals surface area (Å²) in [5.41, 5.74) is 5.15. The van der Waals surface area contributed by atoms with E-state index in [1.54, 1.807) is 10.7 Å². The third kappa shape index (κ3) is 4.68. The van der Waals surface area contributed by atoms with Gasteiger partial charge >= 0.3 is 6.03 Å². The fraction of sp³-hybridized carbons (Fsp3) is 0.391. The predicted octanol–water partition coefficient (Wildman–Crippen LogP) is 3.50. The van der Waals surface area contributed by atoms with Gasteiger partial charge in [0.2, 0.25) is 0 Å². The summed E-state index contributed by atoms with van der Waals surface area (Å²) in [6.07, 6.45) is 3.32. The lowest BCUT2D eigenvalue weighted by Crippen LogP contribution is -2.35. The van der Waals surface area contributed by atoms with Crippen molar-refractivity contribution in [1.82, 2.24) is 25.2 Å². The Labute approximate surface area is 181 Å². The first-order chi connectivity index (χ1) is 15.0. The second-order valence-corrected chi connectivity index (χ2v) is 8.00. The van der Waals surface area contributed by atoms with Gasteiger partial charge in [-0.1, -0.05) is 17.3 Å². The summed E-state index contributed by atoms with van der Waals surface area (Å²) < 4.78 is 1.74. The van der Waals surface area contributed by atoms with Crippen LogP contribution in [-0.2, 0) is 6.54 Å². The van der Waals surface area contributed by atoms with Crippen molar-refractivity contribution in [3.63, 3.8) is 0 Å². The minimum Gasteiger partial charge on any atom is -0.339 e. The van der Waals surface area contributed by atoms with Crippen LogP contribution in [0, 0.1) is 13.8 Å². The standard InChI is InChI=1S/C23H28N6O2/c1-16-7-6-8-19(17(16)2)25-23(31)24-11-14-29-21-10-9-18(15-20(21)26-27-29)22(30)28-12-4-3-5-13-28/h6-10,15H,3-5,11-14H2,1-2H3,(H2,24,25,31). The van der Waals surface area contributed by atoms with Crippen LogP contribution < -0.4 is 10.6 Å². The molecule has 0 radical (unpaired) electrons. The highest BCUT2D eigenvalue weighted by molar-refractivity contribution is 5.97. The third-order valence-corrected chi connectivity index (χ3v) is 5.87. The average Bonchev–Trinajstić information content (AvgIpc) is 3.19. The number of hydrogen-bond donors (Lipinski definition) is 2. The molecule has 2 aromatic carbocycles. The van der Waals surface area contributed by atoms with Gasteiger partial charge in [0.1, 0.15) is 5.52 Å². The van der Waals surface area contributed by atoms with E-state index in [-0.39, 0.29) is 11.9 Å². The molecule has 0 unspecified atom stereocenters. The highest BCUT2D eigenvalue weighted by Crippen LogP contribution is 2.19. The summed E-state index contributed by atoms with van der Waals surface area (Å²) in [5.74, 6) is 0.0564. The molecule has 31 heavy (non-hydrogen) atoms. The van der Waals surface area contributed by atoms with E-state index in [1.165, 1.54) is 6.42 Å². The lowest BCUT2D eigenvalue weighted by Gasteiger charge is -2.26. The fourth-order valence-corrected chi connectivity index (χ4v) is 3.88. The van der Waals surface area contributed by atoms with Gasteiger partial charge in [-0.3, -0.25) is 4.79 Å². The van der Waals surface area contributed by atoms with Crippen molar-refractivity contribution in [2.45, 2.75) is 39.7 Å². The average molecular weight is 421 g/mol. The van der Waals surface area contributed by atoms with E-state index in [0.29, 0.717) is 24.2 Å². The Morgan fingerprint density at radius 3 is 2.68 bits per heavy atom. The van der Waals surface area contributed by atoms with Gasteiger partial charge < -0.3 is 15.5 Å². The molecule has 8 nitrogen and oxygen atoms in total. The summed E-state index contributed by atoms with van der Waals surface area (Å²) in [4.78, 5) is 26.8. The number of rotatable bonds is 5. The van der Waals surface area contributed by atoms with E-state index in [2.05, 4.69) is 20.9 Å². The molecule has 1 aliphatic rings. The monoisotopic (exact) mass is 420 g/mol. The molecule has 0 spiro atoms. The maximum Gasteiger partial charge on any atom is 0.319 e. The third-order valence-electron chi connectivity index (χ3n) is 5.87. The number of aryl methyl sites for hydroxylation is 1. The molecule has 8 heteroatoms. The first kappa shape index (κ1) is 20.8. The molecule has 0 aliphatic carbocycles. The zero-order chi connectivity index (χ0) is 21.8. The van der Waals surface area contributed by atoms with Crippen LogP contribution in [0.15, 0.2) is 36.4 Å². The zero-order valence-electron chi connectivity index (χ0n) is 18.0. The summed E-state index contributed by atoms with van der Waals surface area (Å²) in [5, 5.41) is 14.1. The van der Waals surface area contributed by atoms with Crippen molar-refractivity contribution in [1.29, 1.82) is 0 Å². The summed E-state index contributed by atoms with van der Waals surface area (Å²) in [6.45, 7) is 6.52.